The number of halogens is 1. The first-order valence-electron chi connectivity index (χ1n) is 11.6. The third-order valence-electron chi connectivity index (χ3n) is 6.61. The zero-order valence-electron chi connectivity index (χ0n) is 21.1. The minimum absolute atomic E-state index is 0.0437. The summed E-state index contributed by atoms with van der Waals surface area (Å²) in [6, 6.07) is 1.53. The number of ketones is 2. The molecule has 13 heteroatoms. The lowest BCUT2D eigenvalue weighted by atomic mass is 9.74. The summed E-state index contributed by atoms with van der Waals surface area (Å²) in [5.41, 5.74) is -2.02. The summed E-state index contributed by atoms with van der Waals surface area (Å²) in [6.45, 7) is 2.45. The number of methoxy groups -OCH3 is 2. The Kier molecular flexibility index (Phi) is 7.05. The predicted molar refractivity (Wildman–Crippen MR) is 135 cm³/mol. The summed E-state index contributed by atoms with van der Waals surface area (Å²) in [4.78, 5) is 50.4. The molecule has 2 heterocycles. The van der Waals surface area contributed by atoms with E-state index in [4.69, 9.17) is 25.8 Å². The molecule has 1 aliphatic carbocycles. The summed E-state index contributed by atoms with van der Waals surface area (Å²) >= 11 is 6.50. The van der Waals surface area contributed by atoms with Crippen LogP contribution in [0, 0.1) is 5.92 Å². The van der Waals surface area contributed by atoms with Crippen LogP contribution < -0.4 is 36.1 Å². The first-order chi connectivity index (χ1) is 17.6. The van der Waals surface area contributed by atoms with Crippen molar-refractivity contribution in [1.82, 2.24) is 19.7 Å². The number of carbonyl (C=O) groups is 2. The third-order valence-corrected chi connectivity index (χ3v) is 6.97. The predicted octanol–water partition coefficient (Wildman–Crippen LogP) is 1.05. The Morgan fingerprint density at radius 2 is 1.81 bits per heavy atom. The maximum absolute atomic E-state index is 13.9. The molecule has 4 rings (SSSR count). The molecule has 0 saturated heterocycles. The van der Waals surface area contributed by atoms with Gasteiger partial charge in [0, 0.05) is 51.7 Å². The summed E-state index contributed by atoms with van der Waals surface area (Å²) < 4.78 is 19.1. The summed E-state index contributed by atoms with van der Waals surface area (Å²) in [5.74, 6) is -0.243. The zero-order valence-corrected chi connectivity index (χ0v) is 21.9. The maximum Gasteiger partial charge on any atom is 0.346 e. The number of hydrogen-bond acceptors (Lipinski definition) is 10. The number of carbonyl (C=O) groups excluding carboxylic acids is 2. The number of benzene rings is 1. The highest BCUT2D eigenvalue weighted by Crippen LogP contribution is 2.53. The Morgan fingerprint density at radius 3 is 2.49 bits per heavy atom. The van der Waals surface area contributed by atoms with Crippen LogP contribution in [0.15, 0.2) is 27.4 Å². The lowest BCUT2D eigenvalue weighted by Gasteiger charge is -2.38. The number of nitrogens with one attached hydrogen (secondary N) is 2. The van der Waals surface area contributed by atoms with Gasteiger partial charge in [0.05, 0.1) is 19.9 Å². The highest BCUT2D eigenvalue weighted by Gasteiger charge is 2.58. The van der Waals surface area contributed by atoms with Crippen LogP contribution in [-0.2, 0) is 18.9 Å². The normalized spacial score (nSPS) is 20.4. The molecule has 2 atom stereocenters. The van der Waals surface area contributed by atoms with Gasteiger partial charge in [-0.1, -0.05) is 18.5 Å². The Morgan fingerprint density at radius 1 is 1.14 bits per heavy atom. The number of anilines is 1. The fourth-order valence-electron chi connectivity index (χ4n) is 4.65. The van der Waals surface area contributed by atoms with Crippen LogP contribution >= 0.6 is 11.6 Å². The molecular formula is C24H28ClN5O7. The van der Waals surface area contributed by atoms with E-state index >= 15 is 0 Å². The van der Waals surface area contributed by atoms with E-state index in [0.29, 0.717) is 31.0 Å². The highest BCUT2D eigenvalue weighted by atomic mass is 35.5. The van der Waals surface area contributed by atoms with E-state index in [9.17, 15) is 19.2 Å². The van der Waals surface area contributed by atoms with Gasteiger partial charge in [-0.3, -0.25) is 19.0 Å². The molecule has 1 aromatic heterocycles. The van der Waals surface area contributed by atoms with Crippen molar-refractivity contribution in [2.24, 2.45) is 20.0 Å². The van der Waals surface area contributed by atoms with E-state index < -0.39 is 22.8 Å². The number of allylic oxidation sites excluding steroid dienone is 1. The summed E-state index contributed by atoms with van der Waals surface area (Å²) in [7, 11) is 5.71. The average molecular weight is 534 g/mol. The number of rotatable bonds is 8. The molecule has 0 amide bonds. The number of fused-ring (bicyclic) bond motifs is 1. The quantitative estimate of drug-likeness (QED) is 0.472. The molecule has 2 N–H and O–H groups in total. The van der Waals surface area contributed by atoms with Gasteiger partial charge in [0.15, 0.2) is 11.5 Å². The number of nitrogens with zero attached hydrogens (tertiary/aromatic N) is 3. The second-order valence-electron chi connectivity index (χ2n) is 8.92. The van der Waals surface area contributed by atoms with E-state index in [2.05, 4.69) is 15.7 Å². The molecule has 198 valence electrons. The van der Waals surface area contributed by atoms with E-state index in [-0.39, 0.29) is 45.9 Å². The summed E-state index contributed by atoms with van der Waals surface area (Å²) in [5, 5.41) is 10.2. The monoisotopic (exact) mass is 533 g/mol. The van der Waals surface area contributed by atoms with Crippen LogP contribution in [-0.4, -0.2) is 58.8 Å². The molecule has 37 heavy (non-hydrogen) atoms. The maximum atomic E-state index is 13.9. The van der Waals surface area contributed by atoms with Gasteiger partial charge in [0.25, 0.3) is 5.56 Å². The molecule has 0 bridgehead atoms. The molecule has 0 fully saturated rings. The molecule has 2 aliphatic rings. The van der Waals surface area contributed by atoms with Crippen LogP contribution in [0.4, 0.5) is 5.82 Å². The van der Waals surface area contributed by atoms with Gasteiger partial charge in [-0.15, -0.1) is 5.10 Å². The second-order valence-corrected chi connectivity index (χ2v) is 9.30. The molecule has 1 aromatic carbocycles. The van der Waals surface area contributed by atoms with Crippen molar-refractivity contribution < 1.29 is 23.8 Å². The van der Waals surface area contributed by atoms with Crippen molar-refractivity contribution in [3.8, 4) is 17.2 Å². The molecule has 12 nitrogen and oxygen atoms in total. The van der Waals surface area contributed by atoms with Gasteiger partial charge in [0.1, 0.15) is 22.1 Å². The fraction of sp³-hybridized carbons (Fsp3) is 0.458. The SMILES string of the molecule is COc1cc(OC)c2c(c1Cl)O[C@]1(C2=O)C(NCCCNc2nn(C)c(=O)n(C)c2=O)=CC(=O)C[C@H]1C. The number of hydrogen-bond donors (Lipinski definition) is 2. The number of ether oxygens (including phenoxy) is 3. The van der Waals surface area contributed by atoms with Gasteiger partial charge in [-0.05, 0) is 6.42 Å². The first-order valence-corrected chi connectivity index (χ1v) is 12.0. The Bertz CT molecular complexity index is 1430. The van der Waals surface area contributed by atoms with Crippen molar-refractivity contribution >= 4 is 29.0 Å². The number of aromatic nitrogens is 3. The zero-order chi connectivity index (χ0) is 27.1. The van der Waals surface area contributed by atoms with Crippen LogP contribution in [0.1, 0.15) is 30.1 Å². The Labute approximate surface area is 217 Å². The van der Waals surface area contributed by atoms with E-state index in [1.807, 2.05) is 0 Å². The molecule has 0 radical (unpaired) electrons. The van der Waals surface area contributed by atoms with E-state index in [1.165, 1.54) is 40.5 Å². The average Bonchev–Trinajstić information content (AvgIpc) is 3.18. The Balaban J connectivity index is 1.55. The van der Waals surface area contributed by atoms with Crippen LogP contribution in [0.25, 0.3) is 0 Å². The molecule has 1 aliphatic heterocycles. The lowest BCUT2D eigenvalue weighted by Crippen LogP contribution is -2.54. The molecule has 0 saturated carbocycles. The van der Waals surface area contributed by atoms with Crippen LogP contribution in [0.2, 0.25) is 5.02 Å². The smallest absolute Gasteiger partial charge is 0.346 e. The van der Waals surface area contributed by atoms with Crippen molar-refractivity contribution in [2.75, 3.05) is 32.6 Å². The van der Waals surface area contributed by atoms with Gasteiger partial charge < -0.3 is 24.8 Å². The van der Waals surface area contributed by atoms with Crippen LogP contribution in [0.3, 0.4) is 0 Å². The summed E-state index contributed by atoms with van der Waals surface area (Å²) in [6.07, 6.45) is 1.99. The third kappa shape index (κ3) is 4.24. The topological polar surface area (TPSA) is 143 Å². The Hall–Kier alpha value is -3.80. The van der Waals surface area contributed by atoms with E-state index in [0.717, 1.165) is 9.25 Å². The van der Waals surface area contributed by atoms with Gasteiger partial charge in [-0.2, -0.15) is 0 Å². The molecular weight excluding hydrogens is 506 g/mol. The number of Topliss-reactive ketones (excluding diaryl/α,β-unsaturated/α-hetero) is 1. The minimum atomic E-state index is -1.48. The van der Waals surface area contributed by atoms with Gasteiger partial charge >= 0.3 is 5.69 Å². The minimum Gasteiger partial charge on any atom is -0.496 e. The first kappa shape index (κ1) is 26.3. The molecule has 0 unspecified atom stereocenters. The fourth-order valence-corrected chi connectivity index (χ4v) is 4.92. The van der Waals surface area contributed by atoms with Crippen molar-refractivity contribution in [2.45, 2.75) is 25.4 Å². The van der Waals surface area contributed by atoms with Crippen molar-refractivity contribution in [1.29, 1.82) is 0 Å². The van der Waals surface area contributed by atoms with Gasteiger partial charge in [0.2, 0.25) is 17.2 Å². The van der Waals surface area contributed by atoms with Crippen molar-refractivity contribution in [3.05, 3.63) is 49.3 Å². The standard InChI is InChI=1S/C24H28ClN5O7/c1-12-9-13(31)10-16(26-7-6-8-27-21-22(33)29(2)23(34)30(3)28-21)24(12)20(32)17-14(35-4)11-15(36-5)18(25)19(17)37-24/h10-12,26H,6-9H2,1-5H3,(H,27,28)/t12-,24+/m1/s1. The van der Waals surface area contributed by atoms with Crippen LogP contribution in [0.5, 0.6) is 17.2 Å². The van der Waals surface area contributed by atoms with Crippen molar-refractivity contribution in [3.63, 3.8) is 0 Å². The molecule has 2 aromatic rings. The van der Waals surface area contributed by atoms with Gasteiger partial charge in [-0.25, -0.2) is 9.48 Å². The molecule has 1 spiro atoms. The number of aryl methyl sites for hydroxylation is 1. The van der Waals surface area contributed by atoms with E-state index in [1.54, 1.807) is 6.92 Å². The highest BCUT2D eigenvalue weighted by molar-refractivity contribution is 6.35. The second kappa shape index (κ2) is 9.92. The largest absolute Gasteiger partial charge is 0.496 e. The lowest BCUT2D eigenvalue weighted by molar-refractivity contribution is -0.117.